The number of aromatic hydroxyl groups is 1. The molecule has 0 radical (unpaired) electrons. The second-order valence-corrected chi connectivity index (χ2v) is 2.99. The molecule has 1 nitrogen and oxygen atoms in total. The molecule has 0 amide bonds. The van der Waals surface area contributed by atoms with E-state index in [0.29, 0.717) is 5.75 Å². The van der Waals surface area contributed by atoms with E-state index in [9.17, 15) is 5.11 Å². The van der Waals surface area contributed by atoms with Crippen LogP contribution in [0, 0.1) is 0 Å². The summed E-state index contributed by atoms with van der Waals surface area (Å²) < 4.78 is 0.754. The van der Waals surface area contributed by atoms with Crippen LogP contribution in [0.5, 0.6) is 5.75 Å². The van der Waals surface area contributed by atoms with Crippen molar-refractivity contribution in [3.8, 4) is 5.75 Å². The van der Waals surface area contributed by atoms with Gasteiger partial charge in [0.15, 0.2) is 0 Å². The van der Waals surface area contributed by atoms with E-state index >= 15 is 0 Å². The fraction of sp³-hybridized carbons (Fsp3) is 0.250. The lowest BCUT2D eigenvalue weighted by molar-refractivity contribution is 0.471. The van der Waals surface area contributed by atoms with Gasteiger partial charge in [0, 0.05) is 0 Å². The Bertz CT molecular complexity index is 233. The Morgan fingerprint density at radius 1 is 1.50 bits per heavy atom. The Kier molecular flexibility index (Phi) is 2.33. The molecule has 0 unspecified atom stereocenters. The highest BCUT2D eigenvalue weighted by Gasteiger charge is 1.96. The molecule has 0 heterocycles. The Morgan fingerprint density at radius 3 is 2.70 bits per heavy atom. The summed E-state index contributed by atoms with van der Waals surface area (Å²) >= 11 is 3.21. The molecular formula is C8H9BrO. The van der Waals surface area contributed by atoms with Crippen molar-refractivity contribution in [2.24, 2.45) is 0 Å². The summed E-state index contributed by atoms with van der Waals surface area (Å²) in [5.41, 5.74) is 1.15. The third-order valence-electron chi connectivity index (χ3n) is 1.42. The van der Waals surface area contributed by atoms with Gasteiger partial charge in [-0.05, 0) is 40.0 Å². The Hall–Kier alpha value is -0.500. The van der Waals surface area contributed by atoms with Crippen LogP contribution in [0.2, 0.25) is 0 Å². The molecule has 0 spiro atoms. The maximum atomic E-state index is 9.18. The summed E-state index contributed by atoms with van der Waals surface area (Å²) in [6, 6.07) is 5.61. The van der Waals surface area contributed by atoms with E-state index in [1.807, 2.05) is 12.1 Å². The van der Waals surface area contributed by atoms with Gasteiger partial charge in [-0.15, -0.1) is 0 Å². The molecule has 0 saturated heterocycles. The molecule has 1 aromatic rings. The lowest BCUT2D eigenvalue weighted by atomic mass is 10.2. The molecule has 54 valence electrons. The van der Waals surface area contributed by atoms with E-state index in [4.69, 9.17) is 0 Å². The Balaban J connectivity index is 3.04. The highest BCUT2D eigenvalue weighted by atomic mass is 79.9. The third-order valence-corrected chi connectivity index (χ3v) is 2.09. The van der Waals surface area contributed by atoms with Gasteiger partial charge in [0.25, 0.3) is 0 Å². The highest BCUT2D eigenvalue weighted by Crippen LogP contribution is 2.24. The largest absolute Gasteiger partial charge is 0.507 e. The fourth-order valence-electron chi connectivity index (χ4n) is 0.778. The second kappa shape index (κ2) is 3.06. The van der Waals surface area contributed by atoms with Crippen LogP contribution in [0.1, 0.15) is 12.5 Å². The lowest BCUT2D eigenvalue weighted by Crippen LogP contribution is -1.78. The Labute approximate surface area is 68.8 Å². The van der Waals surface area contributed by atoms with Crippen molar-refractivity contribution in [1.82, 2.24) is 0 Å². The average molecular weight is 201 g/mol. The van der Waals surface area contributed by atoms with E-state index in [1.165, 1.54) is 0 Å². The van der Waals surface area contributed by atoms with Crippen LogP contribution in [-0.2, 0) is 6.42 Å². The topological polar surface area (TPSA) is 20.2 Å². The lowest BCUT2D eigenvalue weighted by Gasteiger charge is -1.98. The number of phenols is 1. The van der Waals surface area contributed by atoms with Gasteiger partial charge in [-0.25, -0.2) is 0 Å². The zero-order valence-electron chi connectivity index (χ0n) is 5.76. The maximum Gasteiger partial charge on any atom is 0.130 e. The normalized spacial score (nSPS) is 9.80. The van der Waals surface area contributed by atoms with Gasteiger partial charge in [-0.1, -0.05) is 13.0 Å². The van der Waals surface area contributed by atoms with Crippen LogP contribution < -0.4 is 0 Å². The van der Waals surface area contributed by atoms with E-state index in [2.05, 4.69) is 22.9 Å². The zero-order chi connectivity index (χ0) is 7.56. The van der Waals surface area contributed by atoms with Gasteiger partial charge < -0.3 is 5.11 Å². The molecule has 2 heteroatoms. The standard InChI is InChI=1S/C8H9BrO/c1-2-6-3-4-7(9)8(10)5-6/h3-5,10H,2H2,1H3. The van der Waals surface area contributed by atoms with Gasteiger partial charge in [0.2, 0.25) is 0 Å². The van der Waals surface area contributed by atoms with Crippen LogP contribution >= 0.6 is 15.9 Å². The molecule has 1 rings (SSSR count). The first-order valence-corrected chi connectivity index (χ1v) is 4.00. The van der Waals surface area contributed by atoms with Gasteiger partial charge in [-0.3, -0.25) is 0 Å². The fourth-order valence-corrected chi connectivity index (χ4v) is 1.02. The second-order valence-electron chi connectivity index (χ2n) is 2.14. The molecule has 0 aliphatic rings. The van der Waals surface area contributed by atoms with Crippen LogP contribution in [0.25, 0.3) is 0 Å². The minimum atomic E-state index is 0.319. The molecular weight excluding hydrogens is 192 g/mol. The van der Waals surface area contributed by atoms with E-state index < -0.39 is 0 Å². The first-order valence-electron chi connectivity index (χ1n) is 3.21. The first kappa shape index (κ1) is 7.61. The molecule has 0 saturated carbocycles. The van der Waals surface area contributed by atoms with Crippen molar-refractivity contribution in [2.75, 3.05) is 0 Å². The van der Waals surface area contributed by atoms with Crippen molar-refractivity contribution in [3.63, 3.8) is 0 Å². The third kappa shape index (κ3) is 1.51. The smallest absolute Gasteiger partial charge is 0.130 e. The number of aryl methyl sites for hydroxylation is 1. The quantitative estimate of drug-likeness (QED) is 0.740. The predicted molar refractivity (Wildman–Crippen MR) is 45.2 cm³/mol. The SMILES string of the molecule is CCc1ccc(Br)c(O)c1. The van der Waals surface area contributed by atoms with E-state index in [1.54, 1.807) is 6.07 Å². The van der Waals surface area contributed by atoms with Crippen molar-refractivity contribution in [2.45, 2.75) is 13.3 Å². The molecule has 0 aliphatic carbocycles. The highest BCUT2D eigenvalue weighted by molar-refractivity contribution is 9.10. The van der Waals surface area contributed by atoms with Crippen LogP contribution in [0.3, 0.4) is 0 Å². The average Bonchev–Trinajstić information content (AvgIpc) is 1.95. The van der Waals surface area contributed by atoms with Gasteiger partial charge >= 0.3 is 0 Å². The van der Waals surface area contributed by atoms with Crippen LogP contribution in [0.15, 0.2) is 22.7 Å². The molecule has 10 heavy (non-hydrogen) atoms. The zero-order valence-corrected chi connectivity index (χ0v) is 7.35. The minimum absolute atomic E-state index is 0.319. The summed E-state index contributed by atoms with van der Waals surface area (Å²) in [4.78, 5) is 0. The molecule has 1 N–H and O–H groups in total. The summed E-state index contributed by atoms with van der Waals surface area (Å²) in [5, 5.41) is 9.18. The number of rotatable bonds is 1. The number of halogens is 1. The van der Waals surface area contributed by atoms with Crippen molar-refractivity contribution in [1.29, 1.82) is 0 Å². The summed E-state index contributed by atoms with van der Waals surface area (Å²) in [7, 11) is 0. The molecule has 0 aromatic heterocycles. The number of benzene rings is 1. The Morgan fingerprint density at radius 2 is 2.20 bits per heavy atom. The predicted octanol–water partition coefficient (Wildman–Crippen LogP) is 2.72. The van der Waals surface area contributed by atoms with Gasteiger partial charge in [0.1, 0.15) is 5.75 Å². The van der Waals surface area contributed by atoms with Crippen molar-refractivity contribution in [3.05, 3.63) is 28.2 Å². The maximum absolute atomic E-state index is 9.18. The summed E-state index contributed by atoms with van der Waals surface area (Å²) in [6.45, 7) is 2.06. The number of hydrogen-bond acceptors (Lipinski definition) is 1. The first-order chi connectivity index (χ1) is 4.74. The van der Waals surface area contributed by atoms with Crippen LogP contribution in [-0.4, -0.2) is 5.11 Å². The van der Waals surface area contributed by atoms with Crippen molar-refractivity contribution < 1.29 is 5.11 Å². The molecule has 0 bridgehead atoms. The number of phenolic OH excluding ortho intramolecular Hbond substituents is 1. The van der Waals surface area contributed by atoms with Crippen LogP contribution in [0.4, 0.5) is 0 Å². The summed E-state index contributed by atoms with van der Waals surface area (Å²) in [6.07, 6.45) is 0.959. The number of hydrogen-bond donors (Lipinski definition) is 1. The minimum Gasteiger partial charge on any atom is -0.507 e. The molecule has 1 aromatic carbocycles. The molecule has 0 atom stereocenters. The van der Waals surface area contributed by atoms with Gasteiger partial charge in [0.05, 0.1) is 4.47 Å². The molecule has 0 fully saturated rings. The van der Waals surface area contributed by atoms with Gasteiger partial charge in [-0.2, -0.15) is 0 Å². The monoisotopic (exact) mass is 200 g/mol. The van der Waals surface area contributed by atoms with Crippen molar-refractivity contribution >= 4 is 15.9 Å². The molecule has 0 aliphatic heterocycles. The van der Waals surface area contributed by atoms with E-state index in [0.717, 1.165) is 16.5 Å². The summed E-state index contributed by atoms with van der Waals surface area (Å²) in [5.74, 6) is 0.319. The van der Waals surface area contributed by atoms with E-state index in [-0.39, 0.29) is 0 Å².